The third kappa shape index (κ3) is 1.22. The molecule has 15 heavy (non-hydrogen) atoms. The molecule has 1 aliphatic carbocycles. The van der Waals surface area contributed by atoms with Crippen molar-refractivity contribution in [1.29, 1.82) is 0 Å². The average Bonchev–Trinajstić information content (AvgIpc) is 2.53. The Morgan fingerprint density at radius 1 is 1.20 bits per heavy atom. The van der Waals surface area contributed by atoms with Crippen LogP contribution < -0.4 is 0 Å². The molecule has 2 heterocycles. The fourth-order valence-electron chi connectivity index (χ4n) is 2.88. The smallest absolute Gasteiger partial charge is 0.186 e. The van der Waals surface area contributed by atoms with Crippen LogP contribution in [0.5, 0.6) is 0 Å². The van der Waals surface area contributed by atoms with Crippen LogP contribution in [0.2, 0.25) is 0 Å². The first-order valence-electron chi connectivity index (χ1n) is 5.55. The zero-order chi connectivity index (χ0) is 10.8. The highest BCUT2D eigenvalue weighted by atomic mass is 16.8. The first-order chi connectivity index (χ1) is 6.98. The summed E-state index contributed by atoms with van der Waals surface area (Å²) in [4.78, 5) is 0. The van der Waals surface area contributed by atoms with Gasteiger partial charge in [0.05, 0.1) is 0 Å². The highest BCUT2D eigenvalue weighted by molar-refractivity contribution is 5.17. The van der Waals surface area contributed by atoms with Crippen LogP contribution in [-0.4, -0.2) is 37.0 Å². The van der Waals surface area contributed by atoms with E-state index < -0.39 is 5.79 Å². The molecular weight excluding hydrogens is 196 g/mol. The summed E-state index contributed by atoms with van der Waals surface area (Å²) in [5.74, 6) is 0.0354. The van der Waals surface area contributed by atoms with E-state index in [2.05, 4.69) is 6.92 Å². The van der Waals surface area contributed by atoms with E-state index in [1.165, 1.54) is 0 Å². The van der Waals surface area contributed by atoms with Crippen LogP contribution in [0.15, 0.2) is 0 Å². The molecule has 2 aliphatic heterocycles. The Kier molecular flexibility index (Phi) is 1.83. The van der Waals surface area contributed by atoms with Crippen LogP contribution >= 0.6 is 0 Å². The van der Waals surface area contributed by atoms with Gasteiger partial charge in [-0.3, -0.25) is 0 Å². The van der Waals surface area contributed by atoms with Gasteiger partial charge in [0, 0.05) is 7.11 Å². The molecule has 0 aromatic rings. The second kappa shape index (κ2) is 2.74. The third-order valence-corrected chi connectivity index (χ3v) is 3.75. The van der Waals surface area contributed by atoms with E-state index in [-0.39, 0.29) is 24.1 Å². The molecule has 4 nitrogen and oxygen atoms in total. The molecule has 0 amide bonds. The molecule has 3 aliphatic rings. The Hall–Kier alpha value is -0.160. The lowest BCUT2D eigenvalue weighted by Gasteiger charge is -2.23. The molecule has 0 aromatic carbocycles. The van der Waals surface area contributed by atoms with Crippen LogP contribution in [0.4, 0.5) is 0 Å². The average molecular weight is 214 g/mol. The molecule has 0 radical (unpaired) electrons. The van der Waals surface area contributed by atoms with Gasteiger partial charge in [0.1, 0.15) is 17.8 Å². The summed E-state index contributed by atoms with van der Waals surface area (Å²) in [5, 5.41) is 0. The van der Waals surface area contributed by atoms with E-state index in [1.807, 2.05) is 13.8 Å². The Bertz CT molecular complexity index is 290. The van der Waals surface area contributed by atoms with Crippen LogP contribution in [0, 0.1) is 5.92 Å². The molecule has 0 aromatic heterocycles. The summed E-state index contributed by atoms with van der Waals surface area (Å²) in [6, 6.07) is 0. The Balaban J connectivity index is 1.88. The summed E-state index contributed by atoms with van der Waals surface area (Å²) in [7, 11) is 1.66. The number of hydrogen-bond donors (Lipinski definition) is 0. The molecule has 86 valence electrons. The molecule has 3 fully saturated rings. The van der Waals surface area contributed by atoms with E-state index in [0.29, 0.717) is 5.92 Å². The van der Waals surface area contributed by atoms with E-state index in [4.69, 9.17) is 18.9 Å². The zero-order valence-corrected chi connectivity index (χ0v) is 9.65. The first-order valence-corrected chi connectivity index (χ1v) is 5.55. The number of hydrogen-bond acceptors (Lipinski definition) is 4. The maximum Gasteiger partial charge on any atom is 0.186 e. The second-order valence-electron chi connectivity index (χ2n) is 5.30. The molecular formula is C11H18O4. The molecule has 2 saturated heterocycles. The van der Waals surface area contributed by atoms with Gasteiger partial charge < -0.3 is 18.9 Å². The quantitative estimate of drug-likeness (QED) is 0.659. The van der Waals surface area contributed by atoms with Crippen LogP contribution in [0.1, 0.15) is 27.2 Å². The Morgan fingerprint density at radius 3 is 2.40 bits per heavy atom. The summed E-state index contributed by atoms with van der Waals surface area (Å²) in [6.45, 7) is 6.07. The van der Waals surface area contributed by atoms with Crippen molar-refractivity contribution >= 4 is 0 Å². The molecule has 0 bridgehead atoms. The topological polar surface area (TPSA) is 36.9 Å². The van der Waals surface area contributed by atoms with Gasteiger partial charge in [-0.2, -0.15) is 0 Å². The van der Waals surface area contributed by atoms with Crippen molar-refractivity contribution < 1.29 is 18.9 Å². The van der Waals surface area contributed by atoms with Gasteiger partial charge in [0.2, 0.25) is 0 Å². The van der Waals surface area contributed by atoms with Crippen LogP contribution in [0.3, 0.4) is 0 Å². The largest absolute Gasteiger partial charge is 0.353 e. The molecule has 1 spiro atoms. The molecule has 3 rings (SSSR count). The SMILES string of the molecule is CO[C@@H]1O[C@@]2(C[C@H]2C)C2OC(C)(C)OC21. The molecule has 4 heteroatoms. The van der Waals surface area contributed by atoms with Crippen molar-refractivity contribution in [3.63, 3.8) is 0 Å². The lowest BCUT2D eigenvalue weighted by molar-refractivity contribution is -0.234. The lowest BCUT2D eigenvalue weighted by Crippen LogP contribution is -2.32. The van der Waals surface area contributed by atoms with E-state index in [0.717, 1.165) is 6.42 Å². The Morgan fingerprint density at radius 2 is 1.87 bits per heavy atom. The van der Waals surface area contributed by atoms with E-state index in [1.54, 1.807) is 7.11 Å². The van der Waals surface area contributed by atoms with Crippen molar-refractivity contribution in [3.8, 4) is 0 Å². The summed E-state index contributed by atoms with van der Waals surface area (Å²) < 4.78 is 23.0. The fourth-order valence-corrected chi connectivity index (χ4v) is 2.88. The second-order valence-corrected chi connectivity index (χ2v) is 5.30. The standard InChI is InChI=1S/C11H18O4/c1-6-5-11(6)8-7(9(12-4)15-11)13-10(2,3)14-8/h6-9H,5H2,1-4H3/t6-,7?,8?,9-,11-/m1/s1. The van der Waals surface area contributed by atoms with Crippen LogP contribution in [0.25, 0.3) is 0 Å². The van der Waals surface area contributed by atoms with Gasteiger partial charge in [-0.1, -0.05) is 6.92 Å². The van der Waals surface area contributed by atoms with Crippen LogP contribution in [-0.2, 0) is 18.9 Å². The molecule has 2 unspecified atom stereocenters. The maximum absolute atomic E-state index is 5.93. The number of ether oxygens (including phenoxy) is 4. The van der Waals surface area contributed by atoms with Crippen molar-refractivity contribution in [2.75, 3.05) is 7.11 Å². The van der Waals surface area contributed by atoms with Gasteiger partial charge >= 0.3 is 0 Å². The van der Waals surface area contributed by atoms with Crippen molar-refractivity contribution in [3.05, 3.63) is 0 Å². The van der Waals surface area contributed by atoms with Crippen molar-refractivity contribution in [2.24, 2.45) is 5.92 Å². The minimum Gasteiger partial charge on any atom is -0.353 e. The van der Waals surface area contributed by atoms with E-state index >= 15 is 0 Å². The predicted octanol–water partition coefficient (Wildman–Crippen LogP) is 1.29. The highest BCUT2D eigenvalue weighted by Crippen LogP contribution is 2.59. The normalized spacial score (nSPS) is 56.0. The molecule has 1 saturated carbocycles. The van der Waals surface area contributed by atoms with Crippen molar-refractivity contribution in [2.45, 2.75) is 57.1 Å². The minimum atomic E-state index is -0.509. The minimum absolute atomic E-state index is 0.0347. The maximum atomic E-state index is 5.93. The summed E-state index contributed by atoms with van der Waals surface area (Å²) in [5.41, 5.74) is -0.140. The van der Waals surface area contributed by atoms with Gasteiger partial charge in [0.25, 0.3) is 0 Å². The lowest BCUT2D eigenvalue weighted by atomic mass is 10.1. The molecule has 0 N–H and O–H groups in total. The third-order valence-electron chi connectivity index (χ3n) is 3.75. The number of methoxy groups -OCH3 is 1. The fraction of sp³-hybridized carbons (Fsp3) is 1.00. The van der Waals surface area contributed by atoms with Gasteiger partial charge in [0.15, 0.2) is 12.1 Å². The number of fused-ring (bicyclic) bond motifs is 2. The monoisotopic (exact) mass is 214 g/mol. The number of rotatable bonds is 1. The van der Waals surface area contributed by atoms with Crippen molar-refractivity contribution in [1.82, 2.24) is 0 Å². The van der Waals surface area contributed by atoms with Gasteiger partial charge in [-0.05, 0) is 26.2 Å². The Labute approximate surface area is 89.8 Å². The van der Waals surface area contributed by atoms with Gasteiger partial charge in [-0.25, -0.2) is 0 Å². The molecule has 5 atom stereocenters. The van der Waals surface area contributed by atoms with E-state index in [9.17, 15) is 0 Å². The van der Waals surface area contributed by atoms with Gasteiger partial charge in [-0.15, -0.1) is 0 Å². The summed E-state index contributed by atoms with van der Waals surface area (Å²) in [6.07, 6.45) is 0.733. The zero-order valence-electron chi connectivity index (χ0n) is 9.65. The predicted molar refractivity (Wildman–Crippen MR) is 52.2 cm³/mol. The first kappa shape index (κ1) is 10.0. The summed E-state index contributed by atoms with van der Waals surface area (Å²) >= 11 is 0. The highest BCUT2D eigenvalue weighted by Gasteiger charge is 2.72.